The summed E-state index contributed by atoms with van der Waals surface area (Å²) in [7, 11) is 0. The molecule has 102 valence electrons. The zero-order valence-corrected chi connectivity index (χ0v) is 10.1. The number of carbonyl (C=O) groups excluding carboxylic acids is 1. The van der Waals surface area contributed by atoms with Gasteiger partial charge in [0.15, 0.2) is 0 Å². The van der Waals surface area contributed by atoms with Crippen LogP contribution in [0.25, 0.3) is 0 Å². The van der Waals surface area contributed by atoms with Gasteiger partial charge in [-0.3, -0.25) is 9.59 Å². The molecule has 1 aliphatic carbocycles. The molecular formula is C13H13F2NO3. The molecule has 0 radical (unpaired) electrons. The summed E-state index contributed by atoms with van der Waals surface area (Å²) in [6.07, 6.45) is 1.01. The van der Waals surface area contributed by atoms with Crippen molar-refractivity contribution in [2.45, 2.75) is 25.3 Å². The standard InChI is InChI=1S/C13H13F2NO3/c14-10-2-1-3-11(15)9(10)6-12(17)16(7-13(18)19)8-4-5-8/h1-3,8H,4-7H2,(H,18,19). The van der Waals surface area contributed by atoms with Crippen LogP contribution in [-0.4, -0.2) is 34.5 Å². The van der Waals surface area contributed by atoms with E-state index in [1.165, 1.54) is 11.0 Å². The lowest BCUT2D eigenvalue weighted by molar-refractivity contribution is -0.144. The van der Waals surface area contributed by atoms with E-state index in [0.29, 0.717) is 0 Å². The van der Waals surface area contributed by atoms with Crippen molar-refractivity contribution in [3.05, 3.63) is 35.4 Å². The van der Waals surface area contributed by atoms with Gasteiger partial charge in [-0.05, 0) is 25.0 Å². The van der Waals surface area contributed by atoms with Gasteiger partial charge in [0.25, 0.3) is 0 Å². The summed E-state index contributed by atoms with van der Waals surface area (Å²) < 4.78 is 26.9. The molecule has 0 saturated heterocycles. The molecule has 1 fully saturated rings. The summed E-state index contributed by atoms with van der Waals surface area (Å²) in [5.41, 5.74) is -0.316. The van der Waals surface area contributed by atoms with Crippen molar-refractivity contribution in [2.75, 3.05) is 6.54 Å². The summed E-state index contributed by atoms with van der Waals surface area (Å²) in [6.45, 7) is -0.431. The first-order valence-corrected chi connectivity index (χ1v) is 5.93. The van der Waals surface area contributed by atoms with E-state index in [1.54, 1.807) is 0 Å². The number of hydrogen-bond acceptors (Lipinski definition) is 2. The molecule has 19 heavy (non-hydrogen) atoms. The molecule has 0 heterocycles. The van der Waals surface area contributed by atoms with Crippen LogP contribution in [0.5, 0.6) is 0 Å². The number of benzene rings is 1. The third-order valence-corrected chi connectivity index (χ3v) is 3.00. The Hall–Kier alpha value is -1.98. The highest BCUT2D eigenvalue weighted by molar-refractivity contribution is 5.83. The largest absolute Gasteiger partial charge is 0.480 e. The van der Waals surface area contributed by atoms with Crippen LogP contribution in [0.3, 0.4) is 0 Å². The Balaban J connectivity index is 2.12. The molecule has 1 aromatic carbocycles. The molecule has 0 aromatic heterocycles. The maximum absolute atomic E-state index is 13.4. The van der Waals surface area contributed by atoms with Crippen molar-refractivity contribution in [3.63, 3.8) is 0 Å². The number of carboxylic acids is 1. The molecule has 2 rings (SSSR count). The topological polar surface area (TPSA) is 57.6 Å². The average molecular weight is 269 g/mol. The molecule has 0 bridgehead atoms. The molecule has 1 saturated carbocycles. The predicted molar refractivity (Wildman–Crippen MR) is 62.4 cm³/mol. The van der Waals surface area contributed by atoms with Gasteiger partial charge in [0.1, 0.15) is 18.2 Å². The van der Waals surface area contributed by atoms with E-state index in [-0.39, 0.29) is 11.6 Å². The minimum absolute atomic E-state index is 0.113. The lowest BCUT2D eigenvalue weighted by atomic mass is 10.1. The highest BCUT2D eigenvalue weighted by Gasteiger charge is 2.34. The van der Waals surface area contributed by atoms with Gasteiger partial charge in [-0.2, -0.15) is 0 Å². The van der Waals surface area contributed by atoms with E-state index in [4.69, 9.17) is 5.11 Å². The van der Waals surface area contributed by atoms with Crippen LogP contribution in [-0.2, 0) is 16.0 Å². The third kappa shape index (κ3) is 3.27. The van der Waals surface area contributed by atoms with E-state index >= 15 is 0 Å². The van der Waals surface area contributed by atoms with Crippen molar-refractivity contribution in [2.24, 2.45) is 0 Å². The van der Waals surface area contributed by atoms with Crippen LogP contribution >= 0.6 is 0 Å². The quantitative estimate of drug-likeness (QED) is 0.883. The maximum atomic E-state index is 13.4. The SMILES string of the molecule is O=C(O)CN(C(=O)Cc1c(F)cccc1F)C1CC1. The van der Waals surface area contributed by atoms with Gasteiger partial charge in [-0.1, -0.05) is 6.07 Å². The van der Waals surface area contributed by atoms with E-state index in [2.05, 4.69) is 0 Å². The van der Waals surface area contributed by atoms with Crippen LogP contribution in [0, 0.1) is 11.6 Å². The van der Waals surface area contributed by atoms with Crippen molar-refractivity contribution < 1.29 is 23.5 Å². The van der Waals surface area contributed by atoms with Crippen LogP contribution in [0.1, 0.15) is 18.4 Å². The molecule has 6 heteroatoms. The molecule has 1 N–H and O–H groups in total. The van der Waals surface area contributed by atoms with Crippen LogP contribution in [0.4, 0.5) is 8.78 Å². The monoisotopic (exact) mass is 269 g/mol. The lowest BCUT2D eigenvalue weighted by Gasteiger charge is -2.20. The smallest absolute Gasteiger partial charge is 0.323 e. The number of halogens is 2. The van der Waals surface area contributed by atoms with Gasteiger partial charge >= 0.3 is 5.97 Å². The molecule has 4 nitrogen and oxygen atoms in total. The molecular weight excluding hydrogens is 256 g/mol. The summed E-state index contributed by atoms with van der Waals surface area (Å²) in [4.78, 5) is 23.8. The predicted octanol–water partition coefficient (Wildman–Crippen LogP) is 1.58. The van der Waals surface area contributed by atoms with Gasteiger partial charge < -0.3 is 10.0 Å². The normalized spacial score (nSPS) is 14.2. The number of rotatable bonds is 5. The second kappa shape index (κ2) is 5.34. The van der Waals surface area contributed by atoms with Gasteiger partial charge in [0, 0.05) is 11.6 Å². The fourth-order valence-electron chi connectivity index (χ4n) is 1.91. The minimum Gasteiger partial charge on any atom is -0.480 e. The van der Waals surface area contributed by atoms with Crippen LogP contribution in [0.2, 0.25) is 0 Å². The lowest BCUT2D eigenvalue weighted by Crippen LogP contribution is -2.38. The van der Waals surface area contributed by atoms with E-state index in [0.717, 1.165) is 25.0 Å². The van der Waals surface area contributed by atoms with E-state index in [9.17, 15) is 18.4 Å². The Kier molecular flexibility index (Phi) is 3.78. The zero-order chi connectivity index (χ0) is 14.0. The Labute approximate surface area is 108 Å². The minimum atomic E-state index is -1.13. The Morgan fingerprint density at radius 2 is 1.84 bits per heavy atom. The molecule has 0 atom stereocenters. The van der Waals surface area contributed by atoms with Gasteiger partial charge in [0.05, 0.1) is 6.42 Å². The maximum Gasteiger partial charge on any atom is 0.323 e. The number of hydrogen-bond donors (Lipinski definition) is 1. The Morgan fingerprint density at radius 1 is 1.26 bits per heavy atom. The van der Waals surface area contributed by atoms with Gasteiger partial charge in [-0.25, -0.2) is 8.78 Å². The number of aliphatic carboxylic acids is 1. The Bertz CT molecular complexity index is 494. The van der Waals surface area contributed by atoms with E-state index < -0.39 is 36.5 Å². The van der Waals surface area contributed by atoms with Gasteiger partial charge in [-0.15, -0.1) is 0 Å². The highest BCUT2D eigenvalue weighted by atomic mass is 19.1. The van der Waals surface area contributed by atoms with Crippen molar-refractivity contribution >= 4 is 11.9 Å². The summed E-state index contributed by atoms with van der Waals surface area (Å²) in [6, 6.07) is 3.25. The number of carbonyl (C=O) groups is 2. The molecule has 1 aromatic rings. The highest BCUT2D eigenvalue weighted by Crippen LogP contribution is 2.27. The van der Waals surface area contributed by atoms with Crippen LogP contribution in [0.15, 0.2) is 18.2 Å². The summed E-state index contributed by atoms with van der Waals surface area (Å²) in [5, 5.41) is 8.74. The molecule has 0 unspecified atom stereocenters. The second-order valence-electron chi connectivity index (χ2n) is 4.52. The van der Waals surface area contributed by atoms with Crippen molar-refractivity contribution in [3.8, 4) is 0 Å². The summed E-state index contributed by atoms with van der Waals surface area (Å²) in [5.74, 6) is -3.28. The fourth-order valence-corrected chi connectivity index (χ4v) is 1.91. The first kappa shape index (κ1) is 13.5. The molecule has 1 amide bonds. The number of amides is 1. The van der Waals surface area contributed by atoms with Crippen molar-refractivity contribution in [1.29, 1.82) is 0 Å². The first-order valence-electron chi connectivity index (χ1n) is 5.93. The van der Waals surface area contributed by atoms with E-state index in [1.807, 2.05) is 0 Å². The third-order valence-electron chi connectivity index (χ3n) is 3.00. The average Bonchev–Trinajstić information content (AvgIpc) is 3.14. The summed E-state index contributed by atoms with van der Waals surface area (Å²) >= 11 is 0. The number of nitrogens with zero attached hydrogens (tertiary/aromatic N) is 1. The molecule has 1 aliphatic rings. The second-order valence-corrected chi connectivity index (χ2v) is 4.52. The first-order chi connectivity index (χ1) is 8.99. The fraction of sp³-hybridized carbons (Fsp3) is 0.385. The number of carboxylic acid groups (broad SMARTS) is 1. The molecule has 0 aliphatic heterocycles. The van der Waals surface area contributed by atoms with Crippen molar-refractivity contribution in [1.82, 2.24) is 4.90 Å². The Morgan fingerprint density at radius 3 is 2.32 bits per heavy atom. The molecule has 0 spiro atoms. The van der Waals surface area contributed by atoms with Crippen LogP contribution < -0.4 is 0 Å². The zero-order valence-electron chi connectivity index (χ0n) is 10.1. The van der Waals surface area contributed by atoms with Gasteiger partial charge in [0.2, 0.25) is 5.91 Å².